The summed E-state index contributed by atoms with van der Waals surface area (Å²) < 4.78 is 5.16. The maximum absolute atomic E-state index is 12.4. The summed E-state index contributed by atoms with van der Waals surface area (Å²) in [7, 11) is 1.56. The Kier molecular flexibility index (Phi) is 5.08. The van der Waals surface area contributed by atoms with E-state index in [0.29, 0.717) is 24.0 Å². The number of ether oxygens (including phenoxy) is 1. The van der Waals surface area contributed by atoms with E-state index in [0.717, 1.165) is 25.7 Å². The van der Waals surface area contributed by atoms with E-state index in [9.17, 15) is 4.79 Å². The molecule has 0 unspecified atom stereocenters. The fourth-order valence-electron chi connectivity index (χ4n) is 2.16. The summed E-state index contributed by atoms with van der Waals surface area (Å²) in [6.45, 7) is 2.27. The van der Waals surface area contributed by atoms with Gasteiger partial charge < -0.3 is 10.5 Å². The first-order valence-corrected chi connectivity index (χ1v) is 9.04. The van der Waals surface area contributed by atoms with E-state index in [1.807, 2.05) is 19.1 Å². The zero-order valence-corrected chi connectivity index (χ0v) is 14.9. The predicted molar refractivity (Wildman–Crippen MR) is 95.9 cm³/mol. The maximum atomic E-state index is 12.4. The number of nitrogens with two attached hydrogens (primary N) is 1. The van der Waals surface area contributed by atoms with Crippen LogP contribution in [0.5, 0.6) is 5.88 Å². The summed E-state index contributed by atoms with van der Waals surface area (Å²) in [5.41, 5.74) is 6.33. The Labute approximate surface area is 147 Å². The molecular formula is C16H16N4O2S2. The van der Waals surface area contributed by atoms with Crippen LogP contribution in [-0.2, 0) is 6.54 Å². The van der Waals surface area contributed by atoms with E-state index in [4.69, 9.17) is 10.5 Å². The Balaban J connectivity index is 1.84. The summed E-state index contributed by atoms with van der Waals surface area (Å²) in [5.74, 6) is 1.51. The molecule has 3 aromatic heterocycles. The molecule has 0 bridgehead atoms. The number of nitrogens with zero attached hydrogens (tertiary/aromatic N) is 3. The van der Waals surface area contributed by atoms with Gasteiger partial charge in [-0.2, -0.15) is 0 Å². The van der Waals surface area contributed by atoms with Crippen LogP contribution in [-0.4, -0.2) is 33.6 Å². The molecule has 3 rings (SSSR count). The summed E-state index contributed by atoms with van der Waals surface area (Å²) in [6, 6.07) is 5.51. The first-order valence-electron chi connectivity index (χ1n) is 7.24. The van der Waals surface area contributed by atoms with Gasteiger partial charge in [0.15, 0.2) is 5.78 Å². The van der Waals surface area contributed by atoms with Gasteiger partial charge in [-0.05, 0) is 19.1 Å². The van der Waals surface area contributed by atoms with Gasteiger partial charge in [0, 0.05) is 22.9 Å². The summed E-state index contributed by atoms with van der Waals surface area (Å²) in [5, 5.41) is 1.58. The first-order chi connectivity index (χ1) is 11.6. The molecule has 0 radical (unpaired) electrons. The molecule has 0 atom stereocenters. The number of thiophene rings is 1. The van der Waals surface area contributed by atoms with Crippen molar-refractivity contribution in [2.24, 2.45) is 5.73 Å². The quantitative estimate of drug-likeness (QED) is 0.410. The molecule has 0 aliphatic rings. The van der Waals surface area contributed by atoms with Gasteiger partial charge in [0.05, 0.1) is 29.5 Å². The smallest absolute Gasteiger partial charge is 0.213 e. The van der Waals surface area contributed by atoms with Crippen LogP contribution >= 0.6 is 23.1 Å². The van der Waals surface area contributed by atoms with Gasteiger partial charge in [-0.25, -0.2) is 15.0 Å². The largest absolute Gasteiger partial charge is 0.481 e. The number of rotatable bonds is 6. The van der Waals surface area contributed by atoms with Gasteiger partial charge in [0.25, 0.3) is 0 Å². The Morgan fingerprint density at radius 1 is 1.38 bits per heavy atom. The van der Waals surface area contributed by atoms with Crippen LogP contribution in [0.15, 0.2) is 29.4 Å². The molecule has 0 aromatic carbocycles. The lowest BCUT2D eigenvalue weighted by Gasteiger charge is -2.07. The fraction of sp³-hybridized carbons (Fsp3) is 0.250. The molecule has 124 valence electrons. The highest BCUT2D eigenvalue weighted by molar-refractivity contribution is 8.00. The van der Waals surface area contributed by atoms with Crippen molar-refractivity contribution in [1.82, 2.24) is 15.0 Å². The highest BCUT2D eigenvalue weighted by Crippen LogP contribution is 2.28. The van der Waals surface area contributed by atoms with Gasteiger partial charge in [-0.3, -0.25) is 4.79 Å². The van der Waals surface area contributed by atoms with E-state index >= 15 is 0 Å². The van der Waals surface area contributed by atoms with Crippen molar-refractivity contribution in [1.29, 1.82) is 0 Å². The molecule has 3 heterocycles. The maximum Gasteiger partial charge on any atom is 0.213 e. The zero-order valence-electron chi connectivity index (χ0n) is 13.3. The van der Waals surface area contributed by atoms with Crippen molar-refractivity contribution in [3.05, 3.63) is 40.0 Å². The van der Waals surface area contributed by atoms with Crippen LogP contribution in [0.4, 0.5) is 0 Å². The minimum Gasteiger partial charge on any atom is -0.481 e. The topological polar surface area (TPSA) is 91.0 Å². The Morgan fingerprint density at radius 2 is 2.21 bits per heavy atom. The lowest BCUT2D eigenvalue weighted by molar-refractivity contribution is 0.102. The molecule has 0 amide bonds. The minimum atomic E-state index is 0.0649. The van der Waals surface area contributed by atoms with Crippen molar-refractivity contribution in [3.8, 4) is 5.88 Å². The number of Topliss-reactive ketones (excluding diaryl/α,β-unsaturated/α-hetero) is 1. The average Bonchev–Trinajstić information content (AvgIpc) is 3.08. The molecule has 0 saturated heterocycles. The number of aromatic nitrogens is 3. The molecule has 3 aromatic rings. The second-order valence-electron chi connectivity index (χ2n) is 5.00. The fourth-order valence-corrected chi connectivity index (χ4v) is 4.01. The molecule has 0 spiro atoms. The van der Waals surface area contributed by atoms with Crippen molar-refractivity contribution >= 4 is 39.8 Å². The van der Waals surface area contributed by atoms with Gasteiger partial charge in [-0.1, -0.05) is 11.8 Å². The van der Waals surface area contributed by atoms with Gasteiger partial charge in [0.2, 0.25) is 5.88 Å². The van der Waals surface area contributed by atoms with Gasteiger partial charge in [-0.15, -0.1) is 11.3 Å². The summed E-state index contributed by atoms with van der Waals surface area (Å²) >= 11 is 2.83. The van der Waals surface area contributed by atoms with E-state index in [-0.39, 0.29) is 5.78 Å². The molecular weight excluding hydrogens is 344 g/mol. The van der Waals surface area contributed by atoms with E-state index in [1.54, 1.807) is 19.4 Å². The van der Waals surface area contributed by atoms with Crippen LogP contribution in [0.1, 0.15) is 20.4 Å². The number of methoxy groups -OCH3 is 1. The Bertz CT molecular complexity index is 895. The lowest BCUT2D eigenvalue weighted by Crippen LogP contribution is -2.01. The molecule has 0 aliphatic carbocycles. The number of hydrogen-bond donors (Lipinski definition) is 1. The Morgan fingerprint density at radius 3 is 2.92 bits per heavy atom. The number of carbonyl (C=O) groups is 1. The van der Waals surface area contributed by atoms with Crippen LogP contribution in [0.3, 0.4) is 0 Å². The number of aryl methyl sites for hydroxylation is 1. The molecule has 0 aliphatic heterocycles. The van der Waals surface area contributed by atoms with E-state index in [1.165, 1.54) is 23.1 Å². The van der Waals surface area contributed by atoms with Crippen molar-refractivity contribution < 1.29 is 9.53 Å². The van der Waals surface area contributed by atoms with E-state index in [2.05, 4.69) is 15.0 Å². The summed E-state index contributed by atoms with van der Waals surface area (Å²) in [6.07, 6.45) is 1.65. The zero-order chi connectivity index (χ0) is 17.1. The highest BCUT2D eigenvalue weighted by Gasteiger charge is 2.13. The third-order valence-corrected chi connectivity index (χ3v) is 5.46. The van der Waals surface area contributed by atoms with Gasteiger partial charge >= 0.3 is 0 Å². The lowest BCUT2D eigenvalue weighted by atomic mass is 10.3. The predicted octanol–water partition coefficient (Wildman–Crippen LogP) is 2.84. The average molecular weight is 360 g/mol. The standard InChI is InChI=1S/C16H16N4O2S2/c1-9-19-12-7-18-15(22-2)5-11(12)16(20-9)23-8-13(21)14-4-3-10(6-17)24-14/h3-5,7H,6,8,17H2,1-2H3. The minimum absolute atomic E-state index is 0.0649. The van der Waals surface area contributed by atoms with Gasteiger partial charge in [0.1, 0.15) is 10.9 Å². The number of carbonyl (C=O) groups excluding carboxylic acids is 1. The third kappa shape index (κ3) is 3.55. The number of thioether (sulfide) groups is 1. The van der Waals surface area contributed by atoms with Crippen LogP contribution < -0.4 is 10.5 Å². The van der Waals surface area contributed by atoms with Crippen LogP contribution in [0.2, 0.25) is 0 Å². The van der Waals surface area contributed by atoms with Crippen molar-refractivity contribution in [2.75, 3.05) is 12.9 Å². The summed E-state index contributed by atoms with van der Waals surface area (Å²) in [4.78, 5) is 27.1. The Hall–Kier alpha value is -2.03. The number of pyridine rings is 1. The molecule has 2 N–H and O–H groups in total. The third-order valence-electron chi connectivity index (χ3n) is 3.32. The van der Waals surface area contributed by atoms with Crippen LogP contribution in [0.25, 0.3) is 10.9 Å². The molecule has 6 nitrogen and oxygen atoms in total. The molecule has 0 saturated carbocycles. The first kappa shape index (κ1) is 16.8. The monoisotopic (exact) mass is 360 g/mol. The highest BCUT2D eigenvalue weighted by atomic mass is 32.2. The number of hydrogen-bond acceptors (Lipinski definition) is 8. The van der Waals surface area contributed by atoms with Crippen molar-refractivity contribution in [2.45, 2.75) is 18.5 Å². The number of ketones is 1. The normalized spacial score (nSPS) is 11.0. The van der Waals surface area contributed by atoms with Crippen LogP contribution in [0, 0.1) is 6.92 Å². The van der Waals surface area contributed by atoms with Crippen molar-refractivity contribution in [3.63, 3.8) is 0 Å². The molecule has 24 heavy (non-hydrogen) atoms. The molecule has 8 heteroatoms. The molecule has 0 fully saturated rings. The SMILES string of the molecule is COc1cc2c(SCC(=O)c3ccc(CN)s3)nc(C)nc2cn1. The second-order valence-corrected chi connectivity index (χ2v) is 7.13. The second kappa shape index (κ2) is 7.25. The number of fused-ring (bicyclic) bond motifs is 1. The van der Waals surface area contributed by atoms with E-state index < -0.39 is 0 Å².